The first-order chi connectivity index (χ1) is 15.0. The Morgan fingerprint density at radius 3 is 2.38 bits per heavy atom. The van der Waals surface area contributed by atoms with Crippen molar-refractivity contribution in [3.05, 3.63) is 69.0 Å². The van der Waals surface area contributed by atoms with Crippen molar-refractivity contribution in [2.75, 3.05) is 11.5 Å². The molecule has 1 unspecified atom stereocenters. The van der Waals surface area contributed by atoms with E-state index < -0.39 is 40.7 Å². The summed E-state index contributed by atoms with van der Waals surface area (Å²) < 4.78 is 67.9. The van der Waals surface area contributed by atoms with E-state index in [2.05, 4.69) is 10.5 Å². The summed E-state index contributed by atoms with van der Waals surface area (Å²) in [5.74, 6) is -1.03. The highest BCUT2D eigenvalue weighted by Gasteiger charge is 2.62. The van der Waals surface area contributed by atoms with Gasteiger partial charge in [-0.15, -0.1) is 0 Å². The molecule has 2 aliphatic rings. The van der Waals surface area contributed by atoms with Gasteiger partial charge in [0.05, 0.1) is 17.3 Å². The standard InChI is InChI=1S/C20H14Cl2F4N2O3S/c21-12-4-11(5-13(22)6-12)19(20(24,25)26)7-17(28-31-19)10-1-2-15(16(23)3-10)18(29)27-14-8-32(30)9-14/h1-6,14H,7-9H2,(H,27,29). The summed E-state index contributed by atoms with van der Waals surface area (Å²) in [7, 11) is -0.986. The summed E-state index contributed by atoms with van der Waals surface area (Å²) in [6, 6.07) is 6.52. The number of carbonyl (C=O) groups excluding carboxylic acids is 1. The molecule has 1 atom stereocenters. The molecule has 2 aromatic carbocycles. The Balaban J connectivity index is 1.59. The molecule has 0 bridgehead atoms. The van der Waals surface area contributed by atoms with Crippen LogP contribution in [0.2, 0.25) is 10.0 Å². The normalized spacial score (nSPS) is 25.0. The molecule has 2 heterocycles. The smallest absolute Gasteiger partial charge is 0.374 e. The molecule has 1 fully saturated rings. The summed E-state index contributed by atoms with van der Waals surface area (Å²) >= 11 is 11.7. The molecule has 5 nitrogen and oxygen atoms in total. The SMILES string of the molecule is O=C(NC1CS(=O)C1)c1ccc(C2=NOC(c3cc(Cl)cc(Cl)c3)(C(F)(F)F)C2)cc1F. The Kier molecular flexibility index (Phi) is 5.98. The van der Waals surface area contributed by atoms with Crippen LogP contribution in [0.5, 0.6) is 0 Å². The van der Waals surface area contributed by atoms with Gasteiger partial charge in [-0.2, -0.15) is 13.2 Å². The Bertz CT molecular complexity index is 1130. The highest BCUT2D eigenvalue weighted by Crippen LogP contribution is 2.49. The van der Waals surface area contributed by atoms with Crippen molar-refractivity contribution < 1.29 is 31.4 Å². The Hall–Kier alpha value is -2.17. The molecule has 32 heavy (non-hydrogen) atoms. The first-order valence-electron chi connectivity index (χ1n) is 9.22. The third kappa shape index (κ3) is 4.23. The first kappa shape index (κ1) is 23.0. The molecular formula is C20H14Cl2F4N2O3S. The maximum absolute atomic E-state index is 14.6. The molecule has 170 valence electrons. The summed E-state index contributed by atoms with van der Waals surface area (Å²) in [6.45, 7) is 0. The minimum absolute atomic E-state index is 0.00937. The zero-order valence-electron chi connectivity index (χ0n) is 16.0. The van der Waals surface area contributed by atoms with Crippen LogP contribution in [0.1, 0.15) is 27.9 Å². The lowest BCUT2D eigenvalue weighted by Crippen LogP contribution is -2.50. The molecule has 0 saturated carbocycles. The van der Waals surface area contributed by atoms with Crippen molar-refractivity contribution in [2.45, 2.75) is 24.2 Å². The lowest BCUT2D eigenvalue weighted by Gasteiger charge is -2.29. The average Bonchev–Trinajstić information content (AvgIpc) is 3.12. The average molecular weight is 509 g/mol. The number of nitrogens with zero attached hydrogens (tertiary/aromatic N) is 1. The van der Waals surface area contributed by atoms with Gasteiger partial charge in [-0.3, -0.25) is 9.00 Å². The van der Waals surface area contributed by atoms with Crippen LogP contribution in [0.15, 0.2) is 41.6 Å². The largest absolute Gasteiger partial charge is 0.435 e. The number of rotatable bonds is 4. The number of nitrogens with one attached hydrogen (secondary N) is 1. The maximum atomic E-state index is 14.6. The number of carbonyl (C=O) groups is 1. The maximum Gasteiger partial charge on any atom is 0.435 e. The van der Waals surface area contributed by atoms with Crippen LogP contribution in [0, 0.1) is 5.82 Å². The second kappa shape index (κ2) is 8.31. The van der Waals surface area contributed by atoms with Crippen LogP contribution >= 0.6 is 23.2 Å². The number of benzene rings is 2. The Morgan fingerprint density at radius 1 is 1.16 bits per heavy atom. The lowest BCUT2D eigenvalue weighted by atomic mass is 9.86. The number of amides is 1. The molecule has 0 aromatic heterocycles. The molecule has 12 heteroatoms. The summed E-state index contributed by atoms with van der Waals surface area (Å²) in [4.78, 5) is 17.1. The first-order valence-corrected chi connectivity index (χ1v) is 11.5. The van der Waals surface area contributed by atoms with Crippen molar-refractivity contribution in [2.24, 2.45) is 5.16 Å². The van der Waals surface area contributed by atoms with Crippen molar-refractivity contribution >= 4 is 45.6 Å². The van der Waals surface area contributed by atoms with E-state index in [4.69, 9.17) is 28.0 Å². The zero-order chi connectivity index (χ0) is 23.3. The molecule has 2 aromatic rings. The molecule has 0 radical (unpaired) electrons. The highest BCUT2D eigenvalue weighted by molar-refractivity contribution is 7.86. The van der Waals surface area contributed by atoms with Crippen LogP contribution in [0.4, 0.5) is 17.6 Å². The van der Waals surface area contributed by atoms with E-state index in [-0.39, 0.29) is 38.5 Å². The second-order valence-electron chi connectivity index (χ2n) is 7.43. The van der Waals surface area contributed by atoms with Crippen molar-refractivity contribution in [3.63, 3.8) is 0 Å². The van der Waals surface area contributed by atoms with Crippen LogP contribution in [0.25, 0.3) is 0 Å². The molecule has 1 saturated heterocycles. The molecule has 1 amide bonds. The van der Waals surface area contributed by atoms with Gasteiger partial charge in [0.15, 0.2) is 0 Å². The van der Waals surface area contributed by atoms with E-state index in [9.17, 15) is 26.6 Å². The fourth-order valence-corrected chi connectivity index (χ4v) is 4.96. The van der Waals surface area contributed by atoms with E-state index in [0.717, 1.165) is 24.3 Å². The van der Waals surface area contributed by atoms with Gasteiger partial charge >= 0.3 is 6.18 Å². The molecule has 0 aliphatic carbocycles. The molecule has 0 spiro atoms. The van der Waals surface area contributed by atoms with Gasteiger partial charge in [0.2, 0.25) is 0 Å². The fraction of sp³-hybridized carbons (Fsp3) is 0.300. The van der Waals surface area contributed by atoms with Gasteiger partial charge in [-0.05, 0) is 30.3 Å². The molecule has 1 N–H and O–H groups in total. The third-order valence-corrected chi connectivity index (χ3v) is 7.16. The van der Waals surface area contributed by atoms with E-state index in [0.29, 0.717) is 11.5 Å². The van der Waals surface area contributed by atoms with Gasteiger partial charge in [0.1, 0.15) is 5.82 Å². The van der Waals surface area contributed by atoms with Gasteiger partial charge in [0, 0.05) is 49.9 Å². The van der Waals surface area contributed by atoms with Crippen molar-refractivity contribution in [3.8, 4) is 0 Å². The monoisotopic (exact) mass is 508 g/mol. The minimum Gasteiger partial charge on any atom is -0.374 e. The third-order valence-electron chi connectivity index (χ3n) is 5.17. The van der Waals surface area contributed by atoms with Crippen LogP contribution in [-0.2, 0) is 21.2 Å². The quantitative estimate of drug-likeness (QED) is 0.614. The topological polar surface area (TPSA) is 67.8 Å². The van der Waals surface area contributed by atoms with E-state index in [1.165, 1.54) is 12.1 Å². The fourth-order valence-electron chi connectivity index (χ4n) is 3.47. The summed E-state index contributed by atoms with van der Waals surface area (Å²) in [5.41, 5.74) is -3.59. The predicted molar refractivity (Wildman–Crippen MR) is 112 cm³/mol. The summed E-state index contributed by atoms with van der Waals surface area (Å²) in [6.07, 6.45) is -5.63. The van der Waals surface area contributed by atoms with Crippen molar-refractivity contribution in [1.82, 2.24) is 5.32 Å². The van der Waals surface area contributed by atoms with Gasteiger partial charge in [0.25, 0.3) is 11.5 Å². The van der Waals surface area contributed by atoms with Gasteiger partial charge in [-0.25, -0.2) is 4.39 Å². The molecule has 4 rings (SSSR count). The molecule has 2 aliphatic heterocycles. The molecular weight excluding hydrogens is 495 g/mol. The van der Waals surface area contributed by atoms with Crippen LogP contribution in [-0.4, -0.2) is 39.6 Å². The lowest BCUT2D eigenvalue weighted by molar-refractivity contribution is -0.275. The van der Waals surface area contributed by atoms with E-state index in [1.807, 2.05) is 0 Å². The second-order valence-corrected chi connectivity index (χ2v) is 9.85. The zero-order valence-corrected chi connectivity index (χ0v) is 18.3. The number of hydrogen-bond donors (Lipinski definition) is 1. The summed E-state index contributed by atoms with van der Waals surface area (Å²) in [5, 5.41) is 6.10. The Morgan fingerprint density at radius 2 is 1.81 bits per heavy atom. The van der Waals surface area contributed by atoms with E-state index >= 15 is 0 Å². The highest BCUT2D eigenvalue weighted by atomic mass is 35.5. The van der Waals surface area contributed by atoms with Gasteiger partial charge < -0.3 is 10.2 Å². The van der Waals surface area contributed by atoms with Crippen LogP contribution < -0.4 is 5.32 Å². The number of oxime groups is 1. The predicted octanol–water partition coefficient (Wildman–Crippen LogP) is 4.58. The van der Waals surface area contributed by atoms with E-state index in [1.54, 1.807) is 0 Å². The minimum atomic E-state index is -4.88. The van der Waals surface area contributed by atoms with Crippen molar-refractivity contribution in [1.29, 1.82) is 0 Å². The number of alkyl halides is 3. The van der Waals surface area contributed by atoms with Crippen LogP contribution in [0.3, 0.4) is 0 Å². The number of halogens is 6. The number of hydrogen-bond acceptors (Lipinski definition) is 4. The Labute approximate surface area is 192 Å². The van der Waals surface area contributed by atoms with Gasteiger partial charge in [-0.1, -0.05) is 34.4 Å².